The Labute approximate surface area is 88.6 Å². The number of hydrogen-bond donors (Lipinski definition) is 0. The second-order valence-corrected chi connectivity index (χ2v) is 4.85. The van der Waals surface area contributed by atoms with Crippen LogP contribution < -0.4 is 0 Å². The van der Waals surface area contributed by atoms with Crippen molar-refractivity contribution < 1.29 is 4.74 Å². The van der Waals surface area contributed by atoms with Crippen LogP contribution in [0.5, 0.6) is 0 Å². The molecule has 1 saturated heterocycles. The molecule has 1 rings (SSSR count). The van der Waals surface area contributed by atoms with Crippen LogP contribution in [0.3, 0.4) is 0 Å². The van der Waals surface area contributed by atoms with Gasteiger partial charge in [0.1, 0.15) is 0 Å². The predicted octanol–water partition coefficient (Wildman–Crippen LogP) is 2.67. The van der Waals surface area contributed by atoms with E-state index in [9.17, 15) is 0 Å². The van der Waals surface area contributed by atoms with Crippen molar-refractivity contribution in [2.24, 2.45) is 0 Å². The van der Waals surface area contributed by atoms with Gasteiger partial charge in [-0.2, -0.15) is 0 Å². The van der Waals surface area contributed by atoms with Gasteiger partial charge in [0.15, 0.2) is 0 Å². The Bertz CT molecular complexity index is 167. The molecule has 2 unspecified atom stereocenters. The fourth-order valence-electron chi connectivity index (χ4n) is 2.68. The average molecular weight is 199 g/mol. The highest BCUT2D eigenvalue weighted by Gasteiger charge is 2.37. The Hall–Kier alpha value is -0.0800. The van der Waals surface area contributed by atoms with Crippen molar-refractivity contribution in [1.82, 2.24) is 4.90 Å². The minimum Gasteiger partial charge on any atom is -0.378 e. The molecule has 0 aliphatic carbocycles. The maximum atomic E-state index is 5.57. The standard InChI is InChI=1S/C12H25NO/c1-6-12(5,7-2)13-10(3)8-14-9-11(13)4/h10-11H,6-9H2,1-5H3. The van der Waals surface area contributed by atoms with E-state index in [4.69, 9.17) is 4.74 Å². The quantitative estimate of drug-likeness (QED) is 0.693. The maximum absolute atomic E-state index is 5.57. The summed E-state index contributed by atoms with van der Waals surface area (Å²) in [4.78, 5) is 2.65. The molecule has 2 nitrogen and oxygen atoms in total. The van der Waals surface area contributed by atoms with Gasteiger partial charge in [-0.05, 0) is 33.6 Å². The van der Waals surface area contributed by atoms with Crippen LogP contribution in [0.1, 0.15) is 47.5 Å². The van der Waals surface area contributed by atoms with E-state index < -0.39 is 0 Å². The van der Waals surface area contributed by atoms with E-state index in [0.29, 0.717) is 17.6 Å². The molecular weight excluding hydrogens is 174 g/mol. The number of hydrogen-bond acceptors (Lipinski definition) is 2. The zero-order chi connectivity index (χ0) is 10.8. The summed E-state index contributed by atoms with van der Waals surface area (Å²) in [6.07, 6.45) is 2.44. The minimum atomic E-state index is 0.350. The van der Waals surface area contributed by atoms with Gasteiger partial charge in [0.2, 0.25) is 0 Å². The summed E-state index contributed by atoms with van der Waals surface area (Å²) in [6, 6.07) is 1.12. The molecule has 1 heterocycles. The van der Waals surface area contributed by atoms with Crippen LogP contribution in [0.4, 0.5) is 0 Å². The van der Waals surface area contributed by atoms with Crippen LogP contribution in [0.25, 0.3) is 0 Å². The Morgan fingerprint density at radius 2 is 1.57 bits per heavy atom. The third kappa shape index (κ3) is 2.12. The minimum absolute atomic E-state index is 0.350. The van der Waals surface area contributed by atoms with Gasteiger partial charge in [0.05, 0.1) is 13.2 Å². The van der Waals surface area contributed by atoms with E-state index in [-0.39, 0.29) is 0 Å². The predicted molar refractivity (Wildman–Crippen MR) is 60.6 cm³/mol. The fraction of sp³-hybridized carbons (Fsp3) is 1.00. The molecule has 14 heavy (non-hydrogen) atoms. The highest BCUT2D eigenvalue weighted by Crippen LogP contribution is 2.30. The van der Waals surface area contributed by atoms with Gasteiger partial charge < -0.3 is 4.74 Å². The van der Waals surface area contributed by atoms with Crippen LogP contribution in [0.2, 0.25) is 0 Å². The van der Waals surface area contributed by atoms with Crippen LogP contribution in [0, 0.1) is 0 Å². The number of nitrogens with zero attached hydrogens (tertiary/aromatic N) is 1. The first kappa shape index (κ1) is 12.0. The van der Waals surface area contributed by atoms with Crippen molar-refractivity contribution in [2.45, 2.75) is 65.1 Å². The highest BCUT2D eigenvalue weighted by molar-refractivity contribution is 4.92. The second-order valence-electron chi connectivity index (χ2n) is 4.85. The van der Waals surface area contributed by atoms with Crippen LogP contribution >= 0.6 is 0 Å². The smallest absolute Gasteiger partial charge is 0.0620 e. The normalized spacial score (nSPS) is 30.6. The summed E-state index contributed by atoms with van der Waals surface area (Å²) in [5.41, 5.74) is 0.350. The van der Waals surface area contributed by atoms with E-state index >= 15 is 0 Å². The molecule has 1 aliphatic heterocycles. The lowest BCUT2D eigenvalue weighted by Crippen LogP contribution is -2.59. The second kappa shape index (κ2) is 4.63. The molecule has 0 spiro atoms. The van der Waals surface area contributed by atoms with Gasteiger partial charge in [-0.25, -0.2) is 0 Å². The van der Waals surface area contributed by atoms with Gasteiger partial charge >= 0.3 is 0 Å². The summed E-state index contributed by atoms with van der Waals surface area (Å²) in [5.74, 6) is 0. The molecule has 0 bridgehead atoms. The first-order valence-corrected chi connectivity index (χ1v) is 5.91. The van der Waals surface area contributed by atoms with E-state index in [0.717, 1.165) is 13.2 Å². The number of morpholine rings is 1. The number of ether oxygens (including phenoxy) is 1. The van der Waals surface area contributed by atoms with E-state index in [2.05, 4.69) is 39.5 Å². The summed E-state index contributed by atoms with van der Waals surface area (Å²) in [6.45, 7) is 13.3. The first-order valence-electron chi connectivity index (χ1n) is 5.91. The van der Waals surface area contributed by atoms with Crippen LogP contribution in [-0.2, 0) is 4.74 Å². The number of rotatable bonds is 3. The highest BCUT2D eigenvalue weighted by atomic mass is 16.5. The monoisotopic (exact) mass is 199 g/mol. The molecule has 84 valence electrons. The molecule has 0 radical (unpaired) electrons. The Balaban J connectivity index is 2.80. The van der Waals surface area contributed by atoms with Gasteiger partial charge in [0.25, 0.3) is 0 Å². The van der Waals surface area contributed by atoms with E-state index in [1.807, 2.05) is 0 Å². The van der Waals surface area contributed by atoms with Gasteiger partial charge in [-0.3, -0.25) is 4.90 Å². The summed E-state index contributed by atoms with van der Waals surface area (Å²) in [7, 11) is 0. The molecule has 0 N–H and O–H groups in total. The van der Waals surface area contributed by atoms with Gasteiger partial charge in [-0.15, -0.1) is 0 Å². The Kier molecular flexibility index (Phi) is 3.96. The average Bonchev–Trinajstić information content (AvgIpc) is 2.17. The molecule has 2 atom stereocenters. The molecule has 0 aromatic heterocycles. The fourth-order valence-corrected chi connectivity index (χ4v) is 2.68. The lowest BCUT2D eigenvalue weighted by molar-refractivity contribution is -0.0906. The first-order chi connectivity index (χ1) is 6.55. The third-order valence-corrected chi connectivity index (χ3v) is 3.81. The van der Waals surface area contributed by atoms with Crippen LogP contribution in [-0.4, -0.2) is 35.7 Å². The zero-order valence-electron chi connectivity index (χ0n) is 10.3. The third-order valence-electron chi connectivity index (χ3n) is 3.81. The van der Waals surface area contributed by atoms with Crippen molar-refractivity contribution in [3.05, 3.63) is 0 Å². The lowest BCUT2D eigenvalue weighted by atomic mass is 9.89. The van der Waals surface area contributed by atoms with Crippen molar-refractivity contribution in [1.29, 1.82) is 0 Å². The molecule has 0 aromatic carbocycles. The molecule has 0 saturated carbocycles. The van der Waals surface area contributed by atoms with Gasteiger partial charge in [-0.1, -0.05) is 13.8 Å². The van der Waals surface area contributed by atoms with Crippen LogP contribution in [0.15, 0.2) is 0 Å². The SMILES string of the molecule is CCC(C)(CC)N1C(C)COCC1C. The molecule has 0 aromatic rings. The Morgan fingerprint density at radius 3 is 1.93 bits per heavy atom. The summed E-state index contributed by atoms with van der Waals surface area (Å²) >= 11 is 0. The summed E-state index contributed by atoms with van der Waals surface area (Å²) in [5, 5.41) is 0. The van der Waals surface area contributed by atoms with Crippen molar-refractivity contribution in [3.63, 3.8) is 0 Å². The molecule has 2 heteroatoms. The summed E-state index contributed by atoms with van der Waals surface area (Å²) < 4.78 is 5.57. The van der Waals surface area contributed by atoms with E-state index in [1.54, 1.807) is 0 Å². The van der Waals surface area contributed by atoms with Crippen molar-refractivity contribution >= 4 is 0 Å². The van der Waals surface area contributed by atoms with Crippen molar-refractivity contribution in [2.75, 3.05) is 13.2 Å². The van der Waals surface area contributed by atoms with Crippen molar-refractivity contribution in [3.8, 4) is 0 Å². The molecule has 1 aliphatic rings. The van der Waals surface area contributed by atoms with Gasteiger partial charge in [0, 0.05) is 17.6 Å². The molecular formula is C12H25NO. The topological polar surface area (TPSA) is 12.5 Å². The largest absolute Gasteiger partial charge is 0.378 e. The molecule has 1 fully saturated rings. The zero-order valence-corrected chi connectivity index (χ0v) is 10.3. The Morgan fingerprint density at radius 1 is 1.14 bits per heavy atom. The lowest BCUT2D eigenvalue weighted by Gasteiger charge is -2.50. The molecule has 0 amide bonds. The van der Waals surface area contributed by atoms with E-state index in [1.165, 1.54) is 12.8 Å². The maximum Gasteiger partial charge on any atom is 0.0620 e.